The van der Waals surface area contributed by atoms with Crippen LogP contribution >= 0.6 is 11.8 Å². The van der Waals surface area contributed by atoms with Crippen LogP contribution in [0.5, 0.6) is 5.75 Å². The molecule has 5 rings (SSSR count). The van der Waals surface area contributed by atoms with Crippen LogP contribution in [0.3, 0.4) is 0 Å². The van der Waals surface area contributed by atoms with Crippen LogP contribution in [0, 0.1) is 0 Å². The quantitative estimate of drug-likeness (QED) is 0.581. The largest absolute Gasteiger partial charge is 0.483 e. The van der Waals surface area contributed by atoms with Crippen LogP contribution in [0.15, 0.2) is 90.0 Å². The van der Waals surface area contributed by atoms with Crippen molar-refractivity contribution in [2.75, 3.05) is 5.01 Å². The number of hydrogen-bond acceptors (Lipinski definition) is 5. The molecule has 0 amide bonds. The fourth-order valence-corrected chi connectivity index (χ4v) is 5.31. The summed E-state index contributed by atoms with van der Waals surface area (Å²) in [4.78, 5) is 13.0. The summed E-state index contributed by atoms with van der Waals surface area (Å²) < 4.78 is 6.41. The average molecular weight is 401 g/mol. The van der Waals surface area contributed by atoms with Gasteiger partial charge in [-0.15, -0.1) is 0 Å². The number of carbonyl (C=O) groups is 1. The third-order valence-electron chi connectivity index (χ3n) is 5.38. The molecule has 1 atom stereocenters. The van der Waals surface area contributed by atoms with Gasteiger partial charge in [0.25, 0.3) is 0 Å². The highest BCUT2D eigenvalue weighted by atomic mass is 32.2. The molecule has 0 saturated carbocycles. The third kappa shape index (κ3) is 2.61. The van der Waals surface area contributed by atoms with Gasteiger partial charge in [0.05, 0.1) is 11.3 Å². The SMILES string of the molecule is CC1(C)Oc2ccccc2C(=O)[C@@]12SC(c1ccccc1)=NN2c1ccccc1. The highest BCUT2D eigenvalue weighted by Crippen LogP contribution is 2.54. The van der Waals surface area contributed by atoms with Crippen molar-refractivity contribution in [1.82, 2.24) is 0 Å². The smallest absolute Gasteiger partial charge is 0.216 e. The molecule has 4 nitrogen and oxygen atoms in total. The zero-order valence-corrected chi connectivity index (χ0v) is 17.0. The monoisotopic (exact) mass is 400 g/mol. The van der Waals surface area contributed by atoms with Gasteiger partial charge >= 0.3 is 0 Å². The van der Waals surface area contributed by atoms with Crippen molar-refractivity contribution in [3.63, 3.8) is 0 Å². The number of anilines is 1. The molecule has 29 heavy (non-hydrogen) atoms. The topological polar surface area (TPSA) is 41.9 Å². The fourth-order valence-electron chi connectivity index (χ4n) is 3.93. The Hall–Kier alpha value is -3.05. The molecule has 5 heteroatoms. The van der Waals surface area contributed by atoms with Gasteiger partial charge in [0, 0.05) is 5.56 Å². The van der Waals surface area contributed by atoms with E-state index in [0.29, 0.717) is 11.3 Å². The summed E-state index contributed by atoms with van der Waals surface area (Å²) in [5.41, 5.74) is 1.61. The van der Waals surface area contributed by atoms with Gasteiger partial charge in [-0.05, 0) is 38.1 Å². The number of para-hydroxylation sites is 2. The minimum atomic E-state index is -1.05. The lowest BCUT2D eigenvalue weighted by atomic mass is 9.85. The number of rotatable bonds is 2. The molecule has 0 bridgehead atoms. The van der Waals surface area contributed by atoms with E-state index < -0.39 is 10.5 Å². The molecule has 0 unspecified atom stereocenters. The second-order valence-corrected chi connectivity index (χ2v) is 8.78. The summed E-state index contributed by atoms with van der Waals surface area (Å²) in [5, 5.41) is 7.59. The molecule has 0 fully saturated rings. The van der Waals surface area contributed by atoms with Gasteiger partial charge < -0.3 is 4.74 Å². The summed E-state index contributed by atoms with van der Waals surface area (Å²) in [5.74, 6) is 0.628. The van der Waals surface area contributed by atoms with Gasteiger partial charge in [0.2, 0.25) is 10.7 Å². The van der Waals surface area contributed by atoms with Crippen molar-refractivity contribution in [2.24, 2.45) is 5.10 Å². The van der Waals surface area contributed by atoms with E-state index in [1.165, 1.54) is 11.8 Å². The number of nitrogens with zero attached hydrogens (tertiary/aromatic N) is 2. The molecule has 0 N–H and O–H groups in total. The molecule has 0 aromatic heterocycles. The maximum absolute atomic E-state index is 14.0. The number of hydrogen-bond donors (Lipinski definition) is 0. The van der Waals surface area contributed by atoms with Crippen molar-refractivity contribution >= 4 is 28.3 Å². The molecule has 3 aromatic rings. The first kappa shape index (κ1) is 18.0. The fraction of sp³-hybridized carbons (Fsp3) is 0.167. The molecule has 2 aliphatic rings. The van der Waals surface area contributed by atoms with Crippen LogP contribution in [0.4, 0.5) is 5.69 Å². The predicted octanol–water partition coefficient (Wildman–Crippen LogP) is 5.35. The van der Waals surface area contributed by atoms with Crippen molar-refractivity contribution in [2.45, 2.75) is 24.3 Å². The van der Waals surface area contributed by atoms with E-state index in [2.05, 4.69) is 0 Å². The maximum Gasteiger partial charge on any atom is 0.216 e. The molecule has 0 radical (unpaired) electrons. The maximum atomic E-state index is 14.0. The summed E-state index contributed by atoms with van der Waals surface area (Å²) in [6, 6.07) is 27.2. The van der Waals surface area contributed by atoms with Gasteiger partial charge in [-0.25, -0.2) is 5.01 Å². The van der Waals surface area contributed by atoms with Gasteiger partial charge in [0.1, 0.15) is 16.4 Å². The van der Waals surface area contributed by atoms with E-state index in [-0.39, 0.29) is 5.78 Å². The number of ketones is 1. The zero-order chi connectivity index (χ0) is 20.1. The molecule has 2 aliphatic heterocycles. The average Bonchev–Trinajstić information content (AvgIpc) is 3.16. The van der Waals surface area contributed by atoms with Crippen LogP contribution in [0.25, 0.3) is 0 Å². The number of thioether (sulfide) groups is 1. The number of hydrazone groups is 1. The Balaban J connectivity index is 1.73. The summed E-state index contributed by atoms with van der Waals surface area (Å²) in [6.45, 7) is 3.93. The lowest BCUT2D eigenvalue weighted by molar-refractivity contribution is 0.0392. The molecule has 144 valence electrons. The van der Waals surface area contributed by atoms with Crippen LogP contribution in [0.2, 0.25) is 0 Å². The highest BCUT2D eigenvalue weighted by molar-refractivity contribution is 8.16. The van der Waals surface area contributed by atoms with Crippen molar-refractivity contribution in [1.29, 1.82) is 0 Å². The van der Waals surface area contributed by atoms with Crippen molar-refractivity contribution in [3.05, 3.63) is 96.1 Å². The first-order chi connectivity index (χ1) is 14.0. The summed E-state index contributed by atoms with van der Waals surface area (Å²) >= 11 is 1.47. The van der Waals surface area contributed by atoms with Crippen LogP contribution in [-0.4, -0.2) is 21.3 Å². The van der Waals surface area contributed by atoms with Crippen molar-refractivity contribution in [3.8, 4) is 5.75 Å². The molecule has 2 heterocycles. The number of Topliss-reactive ketones (excluding diaryl/α,β-unsaturated/α-hetero) is 1. The van der Waals surface area contributed by atoms with Gasteiger partial charge in [-0.1, -0.05) is 72.4 Å². The van der Waals surface area contributed by atoms with E-state index >= 15 is 0 Å². The van der Waals surface area contributed by atoms with E-state index in [0.717, 1.165) is 16.3 Å². The Bertz CT molecular complexity index is 1110. The number of benzene rings is 3. The highest BCUT2D eigenvalue weighted by Gasteiger charge is 2.65. The second-order valence-electron chi connectivity index (χ2n) is 7.60. The molecule has 1 spiro atoms. The number of carbonyl (C=O) groups excluding carboxylic acids is 1. The van der Waals surface area contributed by atoms with E-state index in [9.17, 15) is 4.79 Å². The van der Waals surface area contributed by atoms with Crippen LogP contribution in [0.1, 0.15) is 29.8 Å². The Morgan fingerprint density at radius 2 is 1.48 bits per heavy atom. The molecular formula is C24H20N2O2S. The molecule has 0 saturated heterocycles. The third-order valence-corrected chi connectivity index (χ3v) is 7.03. The van der Waals surface area contributed by atoms with Crippen molar-refractivity contribution < 1.29 is 9.53 Å². The molecule has 3 aromatic carbocycles. The van der Waals surface area contributed by atoms with Gasteiger partial charge in [-0.3, -0.25) is 4.79 Å². The van der Waals surface area contributed by atoms with Crippen LogP contribution < -0.4 is 9.75 Å². The van der Waals surface area contributed by atoms with E-state index in [1.807, 2.05) is 104 Å². The zero-order valence-electron chi connectivity index (χ0n) is 16.2. The van der Waals surface area contributed by atoms with Gasteiger partial charge in [0.15, 0.2) is 0 Å². The lowest BCUT2D eigenvalue weighted by Gasteiger charge is -2.49. The Morgan fingerprint density at radius 1 is 0.862 bits per heavy atom. The second kappa shape index (κ2) is 6.49. The summed E-state index contributed by atoms with van der Waals surface area (Å²) in [7, 11) is 0. The Kier molecular flexibility index (Phi) is 4.03. The van der Waals surface area contributed by atoms with Crippen LogP contribution in [-0.2, 0) is 0 Å². The standard InChI is InChI=1S/C24H20N2O2S/c1-23(2)24(21(27)19-15-9-10-16-20(19)28-23)26(18-13-7-4-8-14-18)25-22(29-24)17-11-5-3-6-12-17/h3-16H,1-2H3/t24-/m1/s1. The number of fused-ring (bicyclic) bond motifs is 1. The number of ether oxygens (including phenoxy) is 1. The molecular weight excluding hydrogens is 380 g/mol. The minimum absolute atomic E-state index is 0.00730. The normalized spacial score (nSPS) is 22.2. The minimum Gasteiger partial charge on any atom is -0.483 e. The first-order valence-corrected chi connectivity index (χ1v) is 10.4. The summed E-state index contributed by atoms with van der Waals surface area (Å²) in [6.07, 6.45) is 0. The molecule has 0 aliphatic carbocycles. The Morgan fingerprint density at radius 3 is 2.21 bits per heavy atom. The first-order valence-electron chi connectivity index (χ1n) is 9.54. The lowest BCUT2D eigenvalue weighted by Crippen LogP contribution is -2.66. The predicted molar refractivity (Wildman–Crippen MR) is 118 cm³/mol. The van der Waals surface area contributed by atoms with E-state index in [1.54, 1.807) is 0 Å². The van der Waals surface area contributed by atoms with E-state index in [4.69, 9.17) is 9.84 Å². The van der Waals surface area contributed by atoms with Gasteiger partial charge in [-0.2, -0.15) is 5.10 Å². The Labute approximate surface area is 174 Å².